The van der Waals surface area contributed by atoms with Crippen LogP contribution in [-0.2, 0) is 65.5 Å². The Morgan fingerprint density at radius 1 is 0.270 bits per heavy atom. The van der Waals surface area contributed by atoms with Crippen LogP contribution >= 0.6 is 0 Å². The van der Waals surface area contributed by atoms with E-state index in [2.05, 4.69) is 243 Å². The summed E-state index contributed by atoms with van der Waals surface area (Å²) in [6, 6.07) is 76.9. The molecule has 0 fully saturated rings. The number of benzene rings is 6. The molecule has 20 heterocycles. The zero-order valence-corrected chi connectivity index (χ0v) is 82.2. The SMILES string of the molecule is C1=C(c2ccccc2)N=C(CCc2cnc3cccnc3n2)C1.C1=C(c2ccccc2)N=C(CCc2cnc3ccncc3n2)C1.Cc1ncc(C)c2nc(CCc3nc4c5ncccc5ccc4n3C)ccc12.Cn1c(CCc2ccc3cnccc3n2)nc2c3ncccc3ccc21.O=c1[nH]c(CCC2=NC(c3ccccc3)=CC2)nc2ccncc12.O=c1[nH]c(CCC2=NC(c3ccccc3)=CC2)nc2cnccc12. The molecule has 0 saturated carbocycles. The number of hydrogen-bond donors (Lipinski definition) is 2. The molecule has 0 bridgehead atoms. The second kappa shape index (κ2) is 44.9. The van der Waals surface area contributed by atoms with Crippen molar-refractivity contribution < 1.29 is 0 Å². The fourth-order valence-electron chi connectivity index (χ4n) is 18.4. The van der Waals surface area contributed by atoms with E-state index in [-0.39, 0.29) is 11.1 Å². The average Bonchev–Trinajstić information content (AvgIpc) is 1.62. The van der Waals surface area contributed by atoms with Crippen LogP contribution < -0.4 is 11.1 Å². The van der Waals surface area contributed by atoms with E-state index in [1.165, 1.54) is 22.6 Å². The van der Waals surface area contributed by atoms with Crippen molar-refractivity contribution in [1.82, 2.24) is 109 Å². The van der Waals surface area contributed by atoms with Gasteiger partial charge in [-0.1, -0.05) is 170 Å². The highest BCUT2D eigenvalue weighted by Crippen LogP contribution is 2.32. The maximum atomic E-state index is 12.1. The molecule has 0 saturated heterocycles. The molecular weight excluding hydrogens is 1840 g/mol. The molecule has 28 nitrogen and oxygen atoms in total. The first-order valence-corrected chi connectivity index (χ1v) is 49.6. The molecule has 4 aliphatic heterocycles. The first-order valence-electron chi connectivity index (χ1n) is 49.6. The fraction of sp³-hybridized carbons (Fsp3) is 0.167. The Bertz CT molecular complexity index is 8790. The number of allylic oxidation sites excluding steroid dienone is 4. The Balaban J connectivity index is 0.000000104. The summed E-state index contributed by atoms with van der Waals surface area (Å²) < 4.78 is 4.33. The number of nitrogens with one attached hydrogen (secondary N) is 2. The summed E-state index contributed by atoms with van der Waals surface area (Å²) in [6.07, 6.45) is 46.5. The summed E-state index contributed by atoms with van der Waals surface area (Å²) in [5.74, 6) is 3.47. The minimum absolute atomic E-state index is 0.117. The number of fused-ring (bicyclic) bond motifs is 12. The lowest BCUT2D eigenvalue weighted by Gasteiger charge is -2.07. The van der Waals surface area contributed by atoms with Crippen LogP contribution in [0.4, 0.5) is 0 Å². The van der Waals surface area contributed by atoms with E-state index in [9.17, 15) is 9.59 Å². The summed E-state index contributed by atoms with van der Waals surface area (Å²) in [5, 5.41) is 5.53. The number of aryl methyl sites for hydroxylation is 12. The van der Waals surface area contributed by atoms with Crippen molar-refractivity contribution in [3.05, 3.63) is 442 Å². The molecule has 0 amide bonds. The standard InChI is InChI=1S/C23H21N5.C21H17N5.2C19H16N4O.2C19H16N4/c1-14-13-25-15(2)18-9-7-17(26-21(14)18)8-11-20-27-23-19(28(20)3)10-6-16-5-4-12-24-22(16)23;1-26-18-8-5-14-3-2-11-23-20(14)21(18)25-19(26)9-7-16-6-4-15-13-22-12-10-17(15)24-16;24-19-15-12-20-11-10-17(15)22-18(23-19)9-7-14-6-8-16(21-14)13-4-2-1-3-5-13;24-19-15-10-11-20-12-17(15)22-18(23-19)9-7-14-6-8-16(21-14)13-4-2-1-3-5-13;1-2-5-14(6-3-1)17-11-10-15(22-17)8-9-16-13-21-18-7-4-12-20-19(18)23-16;1-2-4-14(5-3-1)17-9-8-15(22-17)6-7-16-12-21-18-10-11-20-13-19(18)23-16/h4-7,9-10,12-13H,8,11H2,1-3H3;2-6,8,10-13H,7,9H2,1H3;2*1-5,8,10-12H,6-7,9H2,(H,22,23,24);1-7,11-13H,8-10H2;1-5,9-13H,6-8H2. The third-order valence-electron chi connectivity index (χ3n) is 26.4. The van der Waals surface area contributed by atoms with Crippen molar-refractivity contribution in [2.75, 3.05) is 0 Å². The minimum Gasteiger partial charge on any atom is -0.331 e. The van der Waals surface area contributed by atoms with Crippen molar-refractivity contribution >= 4 is 155 Å². The minimum atomic E-state index is -0.139. The van der Waals surface area contributed by atoms with Crippen molar-refractivity contribution in [2.45, 2.75) is 117 Å². The summed E-state index contributed by atoms with van der Waals surface area (Å²) in [7, 11) is 4.14. The monoisotopic (exact) mass is 1940 g/mol. The molecule has 28 heteroatoms. The van der Waals surface area contributed by atoms with E-state index in [4.69, 9.17) is 39.9 Å². The van der Waals surface area contributed by atoms with Gasteiger partial charge in [0, 0.05) is 201 Å². The lowest BCUT2D eigenvalue weighted by Crippen LogP contribution is -2.13. The van der Waals surface area contributed by atoms with Crippen LogP contribution in [0.25, 0.3) is 132 Å². The van der Waals surface area contributed by atoms with Gasteiger partial charge >= 0.3 is 0 Å². The van der Waals surface area contributed by atoms with Gasteiger partial charge in [-0.2, -0.15) is 0 Å². The van der Waals surface area contributed by atoms with Gasteiger partial charge in [0.05, 0.1) is 107 Å². The number of aromatic amines is 2. The number of H-pyrrole nitrogens is 2. The number of pyridine rings is 10. The van der Waals surface area contributed by atoms with Crippen LogP contribution in [0.3, 0.4) is 0 Å². The van der Waals surface area contributed by atoms with Gasteiger partial charge in [-0.25, -0.2) is 34.9 Å². The molecule has 0 atom stereocenters. The Morgan fingerprint density at radius 3 is 1.26 bits per heavy atom. The molecule has 16 aromatic heterocycles. The van der Waals surface area contributed by atoms with Crippen LogP contribution in [0.2, 0.25) is 0 Å². The van der Waals surface area contributed by atoms with Crippen LogP contribution in [0.1, 0.15) is 131 Å². The molecule has 0 spiro atoms. The molecule has 0 unspecified atom stereocenters. The highest BCUT2D eigenvalue weighted by Gasteiger charge is 2.21. The van der Waals surface area contributed by atoms with Crippen molar-refractivity contribution in [3.63, 3.8) is 0 Å². The van der Waals surface area contributed by atoms with Gasteiger partial charge in [-0.05, 0) is 178 Å². The van der Waals surface area contributed by atoms with Crippen molar-refractivity contribution in [1.29, 1.82) is 0 Å². The molecule has 26 rings (SSSR count). The second-order valence-corrected chi connectivity index (χ2v) is 36.4. The first kappa shape index (κ1) is 95.6. The lowest BCUT2D eigenvalue weighted by atomic mass is 10.1. The van der Waals surface area contributed by atoms with Gasteiger partial charge in [0.15, 0.2) is 5.65 Å². The Labute approximate surface area is 851 Å². The number of aliphatic imine (C=N–C) groups is 4. The van der Waals surface area contributed by atoms with E-state index >= 15 is 0 Å². The van der Waals surface area contributed by atoms with E-state index in [1.54, 1.807) is 61.7 Å². The molecule has 0 radical (unpaired) electrons. The average molecular weight is 1940 g/mol. The normalized spacial score (nSPS) is 13.1. The lowest BCUT2D eigenvalue weighted by molar-refractivity contribution is 0.777. The van der Waals surface area contributed by atoms with E-state index < -0.39 is 0 Å². The Kier molecular flexibility index (Phi) is 29.0. The highest BCUT2D eigenvalue weighted by molar-refractivity contribution is 6.04. The third kappa shape index (κ3) is 22.7. The number of rotatable bonds is 22. The highest BCUT2D eigenvalue weighted by atomic mass is 16.1. The van der Waals surface area contributed by atoms with Crippen LogP contribution in [0.5, 0.6) is 0 Å². The van der Waals surface area contributed by atoms with E-state index in [0.29, 0.717) is 51.9 Å². The number of hydrogen-bond acceptors (Lipinski definition) is 24. The van der Waals surface area contributed by atoms with Gasteiger partial charge in [0.25, 0.3) is 11.1 Å². The van der Waals surface area contributed by atoms with Gasteiger partial charge in [0.2, 0.25) is 0 Å². The second-order valence-electron chi connectivity index (χ2n) is 36.4. The van der Waals surface area contributed by atoms with Gasteiger partial charge in [0.1, 0.15) is 45.4 Å². The Hall–Kier alpha value is -18.6. The first-order chi connectivity index (χ1) is 72.8. The molecule has 724 valence electrons. The molecule has 6 aromatic carbocycles. The molecule has 0 aliphatic carbocycles. The topological polar surface area (TPSA) is 357 Å². The fourth-order valence-corrected chi connectivity index (χ4v) is 18.4. The summed E-state index contributed by atoms with van der Waals surface area (Å²) in [6.45, 7) is 4.09. The molecule has 22 aromatic rings. The van der Waals surface area contributed by atoms with Gasteiger partial charge in [-0.15, -0.1) is 0 Å². The summed E-state index contributed by atoms with van der Waals surface area (Å²) in [4.78, 5) is 129. The quantitative estimate of drug-likeness (QED) is 0.0636. The summed E-state index contributed by atoms with van der Waals surface area (Å²) >= 11 is 0. The van der Waals surface area contributed by atoms with Crippen molar-refractivity contribution in [2.24, 2.45) is 34.1 Å². The maximum absolute atomic E-state index is 12.1. The van der Waals surface area contributed by atoms with Crippen molar-refractivity contribution in [3.8, 4) is 0 Å². The zero-order valence-electron chi connectivity index (χ0n) is 82.2. The molecule has 4 aliphatic rings. The number of imidazole rings is 2. The smallest absolute Gasteiger partial charge is 0.260 e. The molecular formula is C120H102N26O2. The largest absolute Gasteiger partial charge is 0.331 e. The molecule has 148 heavy (non-hydrogen) atoms. The van der Waals surface area contributed by atoms with Gasteiger partial charge in [-0.3, -0.25) is 84.4 Å². The van der Waals surface area contributed by atoms with Crippen LogP contribution in [0.15, 0.2) is 371 Å². The third-order valence-corrected chi connectivity index (χ3v) is 26.4. The zero-order chi connectivity index (χ0) is 100. The van der Waals surface area contributed by atoms with Gasteiger partial charge < -0.3 is 19.1 Å². The predicted octanol–water partition coefficient (Wildman–Crippen LogP) is 22.3. The maximum Gasteiger partial charge on any atom is 0.260 e. The van der Waals surface area contributed by atoms with Crippen LogP contribution in [-0.4, -0.2) is 132 Å². The number of aromatic nitrogens is 22. The predicted molar refractivity (Wildman–Crippen MR) is 590 cm³/mol. The Morgan fingerprint density at radius 2 is 0.703 bits per heavy atom. The van der Waals surface area contributed by atoms with Crippen LogP contribution in [0, 0.1) is 13.8 Å². The molecule has 2 N–H and O–H groups in total. The number of nitrogens with zero attached hydrogens (tertiary/aromatic N) is 24. The summed E-state index contributed by atoms with van der Waals surface area (Å²) in [5.41, 5.74) is 32.2. The van der Waals surface area contributed by atoms with E-state index in [1.807, 2.05) is 153 Å². The van der Waals surface area contributed by atoms with E-state index in [0.717, 1.165) is 263 Å².